The predicted octanol–water partition coefficient (Wildman–Crippen LogP) is 2.14. The predicted molar refractivity (Wildman–Crippen MR) is 122 cm³/mol. The molecule has 4 rings (SSSR count). The molecular formula is C23H30N6O3. The zero-order valence-electron chi connectivity index (χ0n) is 18.5. The van der Waals surface area contributed by atoms with Crippen molar-refractivity contribution >= 4 is 22.8 Å². The molecule has 0 radical (unpaired) electrons. The first-order chi connectivity index (χ1) is 15.6. The van der Waals surface area contributed by atoms with E-state index in [1.165, 1.54) is 28.9 Å². The molecule has 2 aromatic heterocycles. The maximum atomic E-state index is 11.4. The highest BCUT2D eigenvalue weighted by Gasteiger charge is 2.21. The summed E-state index contributed by atoms with van der Waals surface area (Å²) < 4.78 is 7.56. The summed E-state index contributed by atoms with van der Waals surface area (Å²) in [4.78, 5) is 22.0. The van der Waals surface area contributed by atoms with E-state index in [1.807, 2.05) is 6.07 Å². The summed E-state index contributed by atoms with van der Waals surface area (Å²) in [6.45, 7) is 3.72. The van der Waals surface area contributed by atoms with Gasteiger partial charge >= 0.3 is 0 Å². The van der Waals surface area contributed by atoms with E-state index in [1.54, 1.807) is 12.6 Å². The van der Waals surface area contributed by atoms with Crippen LogP contribution in [0.5, 0.6) is 5.75 Å². The van der Waals surface area contributed by atoms with E-state index in [9.17, 15) is 4.79 Å². The van der Waals surface area contributed by atoms with Crippen molar-refractivity contribution < 1.29 is 14.7 Å². The maximum Gasteiger partial charge on any atom is 0.277 e. The number of hydrogen-bond acceptors (Lipinski definition) is 7. The highest BCUT2D eigenvalue weighted by molar-refractivity contribution is 5.92. The van der Waals surface area contributed by atoms with Gasteiger partial charge in [0.25, 0.3) is 5.91 Å². The van der Waals surface area contributed by atoms with Gasteiger partial charge < -0.3 is 19.5 Å². The Hall–Kier alpha value is -3.17. The third kappa shape index (κ3) is 4.84. The minimum Gasteiger partial charge on any atom is -0.497 e. The molecule has 0 bridgehead atoms. The molecule has 32 heavy (non-hydrogen) atoms. The zero-order valence-corrected chi connectivity index (χ0v) is 18.5. The number of nitrogens with one attached hydrogen (secondary N) is 2. The third-order valence-electron chi connectivity index (χ3n) is 6.18. The molecule has 170 valence electrons. The Morgan fingerprint density at radius 1 is 1.25 bits per heavy atom. The second-order valence-corrected chi connectivity index (χ2v) is 8.25. The molecular weight excluding hydrogens is 408 g/mol. The van der Waals surface area contributed by atoms with E-state index in [0.717, 1.165) is 51.2 Å². The maximum absolute atomic E-state index is 11.4. The first-order valence-electron chi connectivity index (χ1n) is 10.9. The van der Waals surface area contributed by atoms with E-state index in [-0.39, 0.29) is 5.56 Å². The molecule has 3 heterocycles. The van der Waals surface area contributed by atoms with Gasteiger partial charge in [0.15, 0.2) is 0 Å². The number of piperidine rings is 1. The molecule has 1 saturated heterocycles. The van der Waals surface area contributed by atoms with Crippen LogP contribution in [-0.4, -0.2) is 58.9 Å². The normalized spacial score (nSPS) is 14.7. The van der Waals surface area contributed by atoms with Crippen molar-refractivity contribution in [2.24, 2.45) is 13.0 Å². The van der Waals surface area contributed by atoms with Crippen LogP contribution in [0.4, 0.5) is 5.95 Å². The number of methoxy groups -OCH3 is 1. The molecule has 1 aromatic carbocycles. The smallest absolute Gasteiger partial charge is 0.277 e. The van der Waals surface area contributed by atoms with Crippen molar-refractivity contribution in [2.45, 2.75) is 19.3 Å². The molecule has 1 fully saturated rings. The standard InChI is InChI=1S/C23H30N6O3/c1-28-15-17(20-11-19(32-2)3-4-21(20)28)5-8-24-12-16-6-9-29(10-7-16)23-25-13-18(14-26-23)22(30)27-31/h3-4,11,13-16,24,31H,5-10,12H2,1-2H3,(H,27,30). The van der Waals surface area contributed by atoms with Crippen LogP contribution in [0.3, 0.4) is 0 Å². The van der Waals surface area contributed by atoms with Crippen molar-refractivity contribution in [1.29, 1.82) is 0 Å². The fourth-order valence-electron chi connectivity index (χ4n) is 4.31. The van der Waals surface area contributed by atoms with Gasteiger partial charge in [-0.1, -0.05) is 0 Å². The van der Waals surface area contributed by atoms with Gasteiger partial charge in [-0.25, -0.2) is 15.4 Å². The van der Waals surface area contributed by atoms with Crippen LogP contribution in [-0.2, 0) is 13.5 Å². The quantitative estimate of drug-likeness (QED) is 0.281. The SMILES string of the molecule is COc1ccc2c(c1)c(CCNCC1CCN(c3ncc(C(=O)NO)cn3)CC1)cn2C. The summed E-state index contributed by atoms with van der Waals surface area (Å²) in [5.74, 6) is 1.53. The number of hydroxylamine groups is 1. The van der Waals surface area contributed by atoms with E-state index in [0.29, 0.717) is 11.9 Å². The number of nitrogens with zero attached hydrogens (tertiary/aromatic N) is 4. The van der Waals surface area contributed by atoms with Gasteiger partial charge in [-0.15, -0.1) is 0 Å². The number of ether oxygens (including phenoxy) is 1. The van der Waals surface area contributed by atoms with Gasteiger partial charge in [0, 0.05) is 49.6 Å². The van der Waals surface area contributed by atoms with Crippen molar-refractivity contribution in [3.8, 4) is 5.75 Å². The molecule has 3 aromatic rings. The van der Waals surface area contributed by atoms with Crippen molar-refractivity contribution in [3.63, 3.8) is 0 Å². The van der Waals surface area contributed by atoms with E-state index >= 15 is 0 Å². The lowest BCUT2D eigenvalue weighted by Gasteiger charge is -2.32. The molecule has 0 atom stereocenters. The van der Waals surface area contributed by atoms with Gasteiger partial charge in [0.2, 0.25) is 5.95 Å². The average molecular weight is 439 g/mol. The Kier molecular flexibility index (Phi) is 6.87. The number of rotatable bonds is 8. The lowest BCUT2D eigenvalue weighted by atomic mass is 9.97. The largest absolute Gasteiger partial charge is 0.497 e. The Balaban J connectivity index is 1.23. The van der Waals surface area contributed by atoms with Crippen molar-refractivity contribution in [1.82, 2.24) is 25.3 Å². The second kappa shape index (κ2) is 9.97. The van der Waals surface area contributed by atoms with Crippen molar-refractivity contribution in [3.05, 3.63) is 47.9 Å². The zero-order chi connectivity index (χ0) is 22.5. The lowest BCUT2D eigenvalue weighted by Crippen LogP contribution is -2.38. The van der Waals surface area contributed by atoms with E-state index in [2.05, 4.69) is 50.1 Å². The molecule has 9 heteroatoms. The molecule has 0 saturated carbocycles. The minimum atomic E-state index is -0.607. The summed E-state index contributed by atoms with van der Waals surface area (Å²) in [5, 5.41) is 13.6. The first kappa shape index (κ1) is 22.0. The number of anilines is 1. The number of carbonyl (C=O) groups is 1. The lowest BCUT2D eigenvalue weighted by molar-refractivity contribution is 0.0705. The number of carbonyl (C=O) groups excluding carboxylic acids is 1. The van der Waals surface area contributed by atoms with E-state index in [4.69, 9.17) is 9.94 Å². The van der Waals surface area contributed by atoms with Crippen LogP contribution in [0.15, 0.2) is 36.8 Å². The van der Waals surface area contributed by atoms with Crippen LogP contribution < -0.4 is 20.4 Å². The highest BCUT2D eigenvalue weighted by atomic mass is 16.5. The number of amides is 1. The fourth-order valence-corrected chi connectivity index (χ4v) is 4.31. The Morgan fingerprint density at radius 3 is 2.69 bits per heavy atom. The monoisotopic (exact) mass is 438 g/mol. The topological polar surface area (TPSA) is 105 Å². The van der Waals surface area contributed by atoms with Crippen LogP contribution >= 0.6 is 0 Å². The summed E-state index contributed by atoms with van der Waals surface area (Å²) in [5.41, 5.74) is 4.38. The van der Waals surface area contributed by atoms with Crippen LogP contribution in [0.1, 0.15) is 28.8 Å². The van der Waals surface area contributed by atoms with Gasteiger partial charge in [-0.3, -0.25) is 10.0 Å². The Morgan fingerprint density at radius 2 is 2.00 bits per heavy atom. The average Bonchev–Trinajstić information content (AvgIpc) is 3.16. The molecule has 0 spiro atoms. The van der Waals surface area contributed by atoms with Crippen molar-refractivity contribution in [2.75, 3.05) is 38.2 Å². The third-order valence-corrected chi connectivity index (χ3v) is 6.18. The van der Waals surface area contributed by atoms with Crippen LogP contribution in [0.25, 0.3) is 10.9 Å². The number of aryl methyl sites for hydroxylation is 1. The Bertz CT molecular complexity index is 1060. The number of aromatic nitrogens is 3. The molecule has 0 aliphatic carbocycles. The summed E-state index contributed by atoms with van der Waals surface area (Å²) in [6, 6.07) is 6.23. The summed E-state index contributed by atoms with van der Waals surface area (Å²) in [6.07, 6.45) is 8.20. The van der Waals surface area contributed by atoms with Gasteiger partial charge in [-0.05, 0) is 62.0 Å². The van der Waals surface area contributed by atoms with Crippen LogP contribution in [0, 0.1) is 5.92 Å². The summed E-state index contributed by atoms with van der Waals surface area (Å²) >= 11 is 0. The Labute approximate surface area is 187 Å². The van der Waals surface area contributed by atoms with Gasteiger partial charge in [-0.2, -0.15) is 0 Å². The highest BCUT2D eigenvalue weighted by Crippen LogP contribution is 2.26. The fraction of sp³-hybridized carbons (Fsp3) is 0.435. The first-order valence-corrected chi connectivity index (χ1v) is 10.9. The minimum absolute atomic E-state index is 0.236. The molecule has 3 N–H and O–H groups in total. The summed E-state index contributed by atoms with van der Waals surface area (Å²) in [7, 11) is 3.78. The van der Waals surface area contributed by atoms with Gasteiger partial charge in [0.1, 0.15) is 5.75 Å². The van der Waals surface area contributed by atoms with Gasteiger partial charge in [0.05, 0.1) is 12.7 Å². The number of hydrogen-bond donors (Lipinski definition) is 3. The van der Waals surface area contributed by atoms with Crippen LogP contribution in [0.2, 0.25) is 0 Å². The molecule has 0 unspecified atom stereocenters. The molecule has 1 aliphatic rings. The number of fused-ring (bicyclic) bond motifs is 1. The second-order valence-electron chi connectivity index (χ2n) is 8.25. The number of benzene rings is 1. The molecule has 1 amide bonds. The van der Waals surface area contributed by atoms with E-state index < -0.39 is 5.91 Å². The molecule has 1 aliphatic heterocycles. The molecule has 9 nitrogen and oxygen atoms in total.